The fourth-order valence-corrected chi connectivity index (χ4v) is 1.92. The maximum atomic E-state index is 12.2. The van der Waals surface area contributed by atoms with Gasteiger partial charge in [-0.05, 0) is 11.1 Å². The summed E-state index contributed by atoms with van der Waals surface area (Å²) in [5.41, 5.74) is 7.44. The summed E-state index contributed by atoms with van der Waals surface area (Å²) >= 11 is 0. The van der Waals surface area contributed by atoms with E-state index >= 15 is 0 Å². The van der Waals surface area contributed by atoms with Crippen LogP contribution >= 0.6 is 0 Å². The van der Waals surface area contributed by atoms with E-state index in [1.54, 1.807) is 7.05 Å². The third-order valence-electron chi connectivity index (χ3n) is 3.08. The zero-order valence-corrected chi connectivity index (χ0v) is 11.3. The van der Waals surface area contributed by atoms with Gasteiger partial charge >= 0.3 is 0 Å². The molecule has 1 aromatic carbocycles. The van der Waals surface area contributed by atoms with Gasteiger partial charge in [-0.3, -0.25) is 9.59 Å². The average Bonchev–Trinajstić information content (AvgIpc) is 2.48. The molecule has 0 fully saturated rings. The second-order valence-corrected chi connectivity index (χ2v) is 4.60. The van der Waals surface area contributed by atoms with Crippen LogP contribution in [0.3, 0.4) is 0 Å². The van der Waals surface area contributed by atoms with E-state index in [-0.39, 0.29) is 16.9 Å². The Hall–Kier alpha value is -2.40. The molecule has 0 aliphatic rings. The lowest BCUT2D eigenvalue weighted by Crippen LogP contribution is -2.30. The van der Waals surface area contributed by atoms with Crippen LogP contribution in [0.25, 0.3) is 0 Å². The Morgan fingerprint density at radius 1 is 1.20 bits per heavy atom. The van der Waals surface area contributed by atoms with Gasteiger partial charge in [0.05, 0.1) is 0 Å². The molecule has 0 aliphatic heterocycles. The van der Waals surface area contributed by atoms with E-state index in [2.05, 4.69) is 4.98 Å². The van der Waals surface area contributed by atoms with E-state index in [1.807, 2.05) is 24.3 Å². The fourth-order valence-electron chi connectivity index (χ4n) is 1.92. The number of benzene rings is 1. The first-order valence-electron chi connectivity index (χ1n) is 6.32. The molecule has 0 saturated carbocycles. The van der Waals surface area contributed by atoms with Gasteiger partial charge in [0.25, 0.3) is 5.91 Å². The van der Waals surface area contributed by atoms with Gasteiger partial charge in [0.2, 0.25) is 0 Å². The van der Waals surface area contributed by atoms with Gasteiger partial charge in [-0.2, -0.15) is 0 Å². The fraction of sp³-hybridized carbons (Fsp3) is 0.200. The Bertz CT molecular complexity index is 647. The summed E-state index contributed by atoms with van der Waals surface area (Å²) in [5.74, 6) is -0.297. The van der Waals surface area contributed by atoms with Gasteiger partial charge in [-0.25, -0.2) is 0 Å². The molecule has 0 bridgehead atoms. The van der Waals surface area contributed by atoms with Crippen molar-refractivity contribution in [3.8, 4) is 0 Å². The molecule has 0 aliphatic carbocycles. The summed E-state index contributed by atoms with van der Waals surface area (Å²) in [6.45, 7) is 0.937. The van der Waals surface area contributed by atoms with Crippen molar-refractivity contribution < 1.29 is 4.79 Å². The molecular weight excluding hydrogens is 254 g/mol. The predicted octanol–water partition coefficient (Wildman–Crippen LogP) is 1.11. The molecule has 2 rings (SSSR count). The molecule has 0 saturated heterocycles. The third-order valence-corrected chi connectivity index (χ3v) is 3.08. The number of nitrogens with zero attached hydrogens (tertiary/aromatic N) is 1. The smallest absolute Gasteiger partial charge is 0.259 e. The third kappa shape index (κ3) is 3.13. The molecule has 0 radical (unpaired) electrons. The lowest BCUT2D eigenvalue weighted by atomic mass is 10.1. The second-order valence-electron chi connectivity index (χ2n) is 4.60. The van der Waals surface area contributed by atoms with Crippen LogP contribution in [0.4, 0.5) is 0 Å². The van der Waals surface area contributed by atoms with E-state index in [4.69, 9.17) is 5.73 Å². The summed E-state index contributed by atoms with van der Waals surface area (Å²) in [6, 6.07) is 9.07. The summed E-state index contributed by atoms with van der Waals surface area (Å²) < 4.78 is 0. The van der Waals surface area contributed by atoms with Crippen molar-refractivity contribution in [1.82, 2.24) is 9.88 Å². The second kappa shape index (κ2) is 6.16. The van der Waals surface area contributed by atoms with Crippen LogP contribution in [0.1, 0.15) is 21.5 Å². The van der Waals surface area contributed by atoms with E-state index in [1.165, 1.54) is 23.4 Å². The van der Waals surface area contributed by atoms with Crippen LogP contribution in [0.2, 0.25) is 0 Å². The van der Waals surface area contributed by atoms with Crippen LogP contribution in [0.5, 0.6) is 0 Å². The van der Waals surface area contributed by atoms with Gasteiger partial charge in [0.15, 0.2) is 5.43 Å². The number of pyridine rings is 1. The van der Waals surface area contributed by atoms with Crippen LogP contribution in [-0.2, 0) is 13.1 Å². The van der Waals surface area contributed by atoms with Crippen LogP contribution in [0, 0.1) is 0 Å². The average molecular weight is 271 g/mol. The molecule has 1 aromatic heterocycles. The molecule has 0 unspecified atom stereocenters. The van der Waals surface area contributed by atoms with Crippen molar-refractivity contribution >= 4 is 5.91 Å². The largest absolute Gasteiger partial charge is 0.367 e. The molecular formula is C15H17N3O2. The highest BCUT2D eigenvalue weighted by Gasteiger charge is 2.14. The molecule has 0 atom stereocenters. The first-order chi connectivity index (χ1) is 9.61. The van der Waals surface area contributed by atoms with Gasteiger partial charge in [0, 0.05) is 38.6 Å². The number of amides is 1. The number of rotatable bonds is 4. The lowest BCUT2D eigenvalue weighted by molar-refractivity contribution is 0.0783. The summed E-state index contributed by atoms with van der Waals surface area (Å²) in [5, 5.41) is 0. The quantitative estimate of drug-likeness (QED) is 0.874. The predicted molar refractivity (Wildman–Crippen MR) is 77.2 cm³/mol. The summed E-state index contributed by atoms with van der Waals surface area (Å²) in [4.78, 5) is 28.1. The minimum atomic E-state index is -0.297. The van der Waals surface area contributed by atoms with Gasteiger partial charge < -0.3 is 15.6 Å². The minimum absolute atomic E-state index is 0.147. The molecule has 3 N–H and O–H groups in total. The Morgan fingerprint density at radius 2 is 1.85 bits per heavy atom. The maximum Gasteiger partial charge on any atom is 0.259 e. The van der Waals surface area contributed by atoms with Crippen molar-refractivity contribution in [2.45, 2.75) is 13.1 Å². The molecule has 1 amide bonds. The first-order valence-corrected chi connectivity index (χ1v) is 6.32. The number of carbonyl (C=O) groups excluding carboxylic acids is 1. The zero-order valence-electron chi connectivity index (χ0n) is 11.3. The number of carbonyl (C=O) groups is 1. The van der Waals surface area contributed by atoms with E-state index < -0.39 is 0 Å². The van der Waals surface area contributed by atoms with Crippen molar-refractivity contribution in [2.24, 2.45) is 5.73 Å². The van der Waals surface area contributed by atoms with E-state index in [0.29, 0.717) is 13.1 Å². The SMILES string of the molecule is CN(Cc1ccc(CN)cc1)C(=O)c1c[nH]ccc1=O. The molecule has 5 heteroatoms. The molecule has 20 heavy (non-hydrogen) atoms. The Kier molecular flexibility index (Phi) is 4.32. The van der Waals surface area contributed by atoms with Crippen LogP contribution in [0.15, 0.2) is 47.5 Å². The van der Waals surface area contributed by atoms with Crippen LogP contribution < -0.4 is 11.2 Å². The van der Waals surface area contributed by atoms with Crippen molar-refractivity contribution in [1.29, 1.82) is 0 Å². The first kappa shape index (κ1) is 14.0. The van der Waals surface area contributed by atoms with E-state index in [9.17, 15) is 9.59 Å². The van der Waals surface area contributed by atoms with E-state index in [0.717, 1.165) is 11.1 Å². The number of nitrogens with one attached hydrogen (secondary N) is 1. The van der Waals surface area contributed by atoms with Crippen molar-refractivity contribution in [3.63, 3.8) is 0 Å². The molecule has 0 spiro atoms. The lowest BCUT2D eigenvalue weighted by Gasteiger charge is -2.17. The highest BCUT2D eigenvalue weighted by Crippen LogP contribution is 2.08. The topological polar surface area (TPSA) is 79.2 Å². The van der Waals surface area contributed by atoms with Gasteiger partial charge in [-0.1, -0.05) is 24.3 Å². The monoisotopic (exact) mass is 271 g/mol. The zero-order chi connectivity index (χ0) is 14.5. The van der Waals surface area contributed by atoms with Gasteiger partial charge in [0.1, 0.15) is 5.56 Å². The number of nitrogens with two attached hydrogens (primary N) is 1. The Balaban J connectivity index is 2.11. The number of hydrogen-bond donors (Lipinski definition) is 2. The molecule has 5 nitrogen and oxygen atoms in total. The van der Waals surface area contributed by atoms with Crippen molar-refractivity contribution in [2.75, 3.05) is 7.05 Å². The standard InChI is InChI=1S/C15H17N3O2/c1-18(10-12-4-2-11(8-16)3-5-12)15(20)13-9-17-7-6-14(13)19/h2-7,9H,8,10,16H2,1H3,(H,17,19). The number of aromatic nitrogens is 1. The number of H-pyrrole nitrogens is 1. The minimum Gasteiger partial charge on any atom is -0.367 e. The molecule has 2 aromatic rings. The maximum absolute atomic E-state index is 12.2. The van der Waals surface area contributed by atoms with Crippen LogP contribution in [-0.4, -0.2) is 22.8 Å². The normalized spacial score (nSPS) is 10.3. The highest BCUT2D eigenvalue weighted by atomic mass is 16.2. The summed E-state index contributed by atoms with van der Waals surface area (Å²) in [6.07, 6.45) is 2.93. The Labute approximate surface area is 117 Å². The summed E-state index contributed by atoms with van der Waals surface area (Å²) in [7, 11) is 1.67. The van der Waals surface area contributed by atoms with Gasteiger partial charge in [-0.15, -0.1) is 0 Å². The van der Waals surface area contributed by atoms with Crippen molar-refractivity contribution in [3.05, 3.63) is 69.6 Å². The number of aromatic amines is 1. The molecule has 104 valence electrons. The highest BCUT2D eigenvalue weighted by molar-refractivity contribution is 5.93. The molecule has 1 heterocycles. The number of hydrogen-bond acceptors (Lipinski definition) is 3. The Morgan fingerprint density at radius 3 is 2.45 bits per heavy atom.